The minimum absolute atomic E-state index is 0.0191. The van der Waals surface area contributed by atoms with E-state index in [-0.39, 0.29) is 5.02 Å². The van der Waals surface area contributed by atoms with Gasteiger partial charge in [0.25, 0.3) is 5.56 Å². The molecule has 5 nitrogen and oxygen atoms in total. The van der Waals surface area contributed by atoms with Gasteiger partial charge in [-0.05, 0) is 6.92 Å². The summed E-state index contributed by atoms with van der Waals surface area (Å²) in [7, 11) is 0. The molecule has 2 rings (SSSR count). The zero-order valence-electron chi connectivity index (χ0n) is 9.07. The van der Waals surface area contributed by atoms with Crippen LogP contribution in [0.5, 0.6) is 0 Å². The fourth-order valence-corrected chi connectivity index (χ4v) is 2.37. The number of H-pyrrole nitrogens is 1. The Bertz CT molecular complexity index is 643. The highest BCUT2D eigenvalue weighted by Crippen LogP contribution is 2.13. The number of aromatic nitrogens is 3. The number of rotatable bonds is 3. The third-order valence-corrected chi connectivity index (χ3v) is 3.66. The summed E-state index contributed by atoms with van der Waals surface area (Å²) in [5, 5.41) is 0.0191. The van der Waals surface area contributed by atoms with E-state index in [2.05, 4.69) is 9.97 Å². The predicted octanol–water partition coefficient (Wildman–Crippen LogP) is 1.20. The first kappa shape index (κ1) is 12.1. The molecule has 0 fully saturated rings. The van der Waals surface area contributed by atoms with Crippen molar-refractivity contribution in [3.8, 4) is 0 Å². The zero-order valence-corrected chi connectivity index (χ0v) is 10.6. The van der Waals surface area contributed by atoms with Gasteiger partial charge in [0.1, 0.15) is 5.02 Å². The largest absolute Gasteiger partial charge is 0.328 e. The molecule has 0 atom stereocenters. The van der Waals surface area contributed by atoms with Crippen molar-refractivity contribution in [1.82, 2.24) is 14.5 Å². The van der Waals surface area contributed by atoms with Crippen LogP contribution in [0.3, 0.4) is 0 Å². The van der Waals surface area contributed by atoms with Crippen LogP contribution in [-0.4, -0.2) is 14.5 Å². The van der Waals surface area contributed by atoms with Gasteiger partial charge in [-0.2, -0.15) is 0 Å². The second-order valence-corrected chi connectivity index (χ2v) is 4.89. The van der Waals surface area contributed by atoms with Gasteiger partial charge in [0, 0.05) is 24.0 Å². The highest BCUT2D eigenvalue weighted by Gasteiger charge is 2.05. The highest BCUT2D eigenvalue weighted by molar-refractivity contribution is 7.09. The fourth-order valence-electron chi connectivity index (χ4n) is 1.44. The average Bonchev–Trinajstić information content (AvgIpc) is 2.68. The Hall–Kier alpha value is -1.40. The maximum Gasteiger partial charge on any atom is 0.328 e. The van der Waals surface area contributed by atoms with E-state index in [1.165, 1.54) is 10.8 Å². The second-order valence-electron chi connectivity index (χ2n) is 3.54. The second kappa shape index (κ2) is 4.85. The Kier molecular flexibility index (Phi) is 3.44. The minimum atomic E-state index is -0.554. The topological polar surface area (TPSA) is 67.8 Å². The normalized spacial score (nSPS) is 10.7. The quantitative estimate of drug-likeness (QED) is 0.912. The molecule has 0 saturated carbocycles. The van der Waals surface area contributed by atoms with Crippen molar-refractivity contribution in [2.45, 2.75) is 19.9 Å². The van der Waals surface area contributed by atoms with Crippen LogP contribution >= 0.6 is 22.9 Å². The third kappa shape index (κ3) is 2.65. The molecule has 0 spiro atoms. The van der Waals surface area contributed by atoms with Crippen LogP contribution in [0.25, 0.3) is 0 Å². The van der Waals surface area contributed by atoms with E-state index >= 15 is 0 Å². The van der Waals surface area contributed by atoms with Crippen LogP contribution in [0.2, 0.25) is 5.02 Å². The van der Waals surface area contributed by atoms with Gasteiger partial charge in [-0.3, -0.25) is 14.3 Å². The van der Waals surface area contributed by atoms with E-state index in [0.717, 1.165) is 10.6 Å². The van der Waals surface area contributed by atoms with Crippen molar-refractivity contribution in [3.63, 3.8) is 0 Å². The molecule has 7 heteroatoms. The van der Waals surface area contributed by atoms with Gasteiger partial charge >= 0.3 is 5.69 Å². The van der Waals surface area contributed by atoms with Crippen molar-refractivity contribution < 1.29 is 0 Å². The van der Waals surface area contributed by atoms with Crippen molar-refractivity contribution >= 4 is 22.9 Å². The summed E-state index contributed by atoms with van der Waals surface area (Å²) in [5.41, 5.74) is 1.75. The predicted molar refractivity (Wildman–Crippen MR) is 66.9 cm³/mol. The van der Waals surface area contributed by atoms with E-state index in [9.17, 15) is 9.59 Å². The molecule has 0 radical (unpaired) electrons. The lowest BCUT2D eigenvalue weighted by molar-refractivity contribution is 0.647. The average molecular weight is 272 g/mol. The number of aryl methyl sites for hydroxylation is 3. The Morgan fingerprint density at radius 3 is 2.94 bits per heavy atom. The van der Waals surface area contributed by atoms with Crippen molar-refractivity contribution in [3.05, 3.63) is 48.1 Å². The highest BCUT2D eigenvalue weighted by atomic mass is 35.5. The van der Waals surface area contributed by atoms with Gasteiger partial charge in [0.05, 0.1) is 11.2 Å². The lowest BCUT2D eigenvalue weighted by atomic mass is 10.3. The first-order valence-electron chi connectivity index (χ1n) is 4.96. The van der Waals surface area contributed by atoms with Crippen LogP contribution < -0.4 is 11.2 Å². The number of thiazole rings is 1. The standard InChI is InChI=1S/C10H10ClN3O2S/c1-6-8(17-5-12-6)2-3-14-4-7(11)9(15)13-10(14)16/h4-5H,2-3H2,1H3,(H,13,15,16). The van der Waals surface area contributed by atoms with E-state index < -0.39 is 11.2 Å². The Labute approximate surface area is 106 Å². The Balaban J connectivity index is 2.20. The summed E-state index contributed by atoms with van der Waals surface area (Å²) in [6, 6.07) is 0. The summed E-state index contributed by atoms with van der Waals surface area (Å²) in [6.45, 7) is 2.40. The van der Waals surface area contributed by atoms with Crippen LogP contribution in [0.1, 0.15) is 10.6 Å². The van der Waals surface area contributed by atoms with Crippen LogP contribution in [0, 0.1) is 6.92 Å². The number of nitrogens with zero attached hydrogens (tertiary/aromatic N) is 2. The molecule has 0 aliphatic carbocycles. The van der Waals surface area contributed by atoms with Crippen LogP contribution in [0.15, 0.2) is 21.3 Å². The molecular formula is C10H10ClN3O2S. The molecule has 0 saturated heterocycles. The van der Waals surface area contributed by atoms with Crippen LogP contribution in [-0.2, 0) is 13.0 Å². The van der Waals surface area contributed by atoms with Crippen LogP contribution in [0.4, 0.5) is 0 Å². The molecule has 0 unspecified atom stereocenters. The van der Waals surface area contributed by atoms with Crippen molar-refractivity contribution in [2.75, 3.05) is 0 Å². The molecule has 2 heterocycles. The molecule has 0 aliphatic rings. The molecule has 17 heavy (non-hydrogen) atoms. The molecule has 0 aromatic carbocycles. The zero-order chi connectivity index (χ0) is 12.4. The van der Waals surface area contributed by atoms with E-state index in [4.69, 9.17) is 11.6 Å². The first-order chi connectivity index (χ1) is 8.08. The maximum atomic E-state index is 11.5. The number of hydrogen-bond acceptors (Lipinski definition) is 4. The molecule has 0 amide bonds. The van der Waals surface area contributed by atoms with E-state index in [1.807, 2.05) is 6.92 Å². The number of hydrogen-bond donors (Lipinski definition) is 1. The maximum absolute atomic E-state index is 11.5. The fraction of sp³-hybridized carbons (Fsp3) is 0.300. The Morgan fingerprint density at radius 1 is 1.53 bits per heavy atom. The lowest BCUT2D eigenvalue weighted by Crippen LogP contribution is -2.30. The van der Waals surface area contributed by atoms with Gasteiger partial charge in [0.15, 0.2) is 0 Å². The molecule has 0 bridgehead atoms. The monoisotopic (exact) mass is 271 g/mol. The number of nitrogens with one attached hydrogen (secondary N) is 1. The third-order valence-electron chi connectivity index (χ3n) is 2.39. The first-order valence-corrected chi connectivity index (χ1v) is 6.22. The summed E-state index contributed by atoms with van der Waals surface area (Å²) in [5.74, 6) is 0. The molecular weight excluding hydrogens is 262 g/mol. The number of halogens is 1. The summed E-state index contributed by atoms with van der Waals surface area (Å²) < 4.78 is 1.39. The van der Waals surface area contributed by atoms with Crippen molar-refractivity contribution in [1.29, 1.82) is 0 Å². The molecule has 2 aromatic heterocycles. The summed E-state index contributed by atoms with van der Waals surface area (Å²) in [6.07, 6.45) is 2.05. The van der Waals surface area contributed by atoms with E-state index in [0.29, 0.717) is 13.0 Å². The Morgan fingerprint density at radius 2 is 2.29 bits per heavy atom. The molecule has 0 aliphatic heterocycles. The lowest BCUT2D eigenvalue weighted by Gasteiger charge is -2.04. The van der Waals surface area contributed by atoms with Gasteiger partial charge in [-0.1, -0.05) is 11.6 Å². The summed E-state index contributed by atoms with van der Waals surface area (Å²) >= 11 is 7.22. The SMILES string of the molecule is Cc1ncsc1CCn1cc(Cl)c(=O)[nH]c1=O. The van der Waals surface area contributed by atoms with Gasteiger partial charge in [0.2, 0.25) is 0 Å². The van der Waals surface area contributed by atoms with Gasteiger partial charge in [-0.25, -0.2) is 9.78 Å². The van der Waals surface area contributed by atoms with Crippen molar-refractivity contribution in [2.24, 2.45) is 0 Å². The molecule has 1 N–H and O–H groups in total. The molecule has 2 aromatic rings. The van der Waals surface area contributed by atoms with Gasteiger partial charge < -0.3 is 0 Å². The van der Waals surface area contributed by atoms with Gasteiger partial charge in [-0.15, -0.1) is 11.3 Å². The molecule has 90 valence electrons. The van der Waals surface area contributed by atoms with E-state index in [1.54, 1.807) is 16.8 Å². The summed E-state index contributed by atoms with van der Waals surface area (Å²) in [4.78, 5) is 30.0. The smallest absolute Gasteiger partial charge is 0.299 e. The minimum Gasteiger partial charge on any atom is -0.299 e. The number of aromatic amines is 1.